The van der Waals surface area contributed by atoms with E-state index >= 15 is 0 Å². The smallest absolute Gasteiger partial charge is 0.253 e. The fraction of sp³-hybridized carbons (Fsp3) is 0.467. The van der Waals surface area contributed by atoms with Gasteiger partial charge in [0.1, 0.15) is 0 Å². The normalized spacial score (nSPS) is 13.7. The maximum atomic E-state index is 12.1. The molecule has 1 aliphatic carbocycles. The van der Waals surface area contributed by atoms with Crippen molar-refractivity contribution in [2.24, 2.45) is 0 Å². The van der Waals surface area contributed by atoms with Crippen molar-refractivity contribution in [2.45, 2.75) is 18.9 Å². The van der Waals surface area contributed by atoms with Gasteiger partial charge in [-0.15, -0.1) is 0 Å². The second-order valence-corrected chi connectivity index (χ2v) is 5.57. The van der Waals surface area contributed by atoms with E-state index < -0.39 is 0 Å². The number of halogens is 1. The summed E-state index contributed by atoms with van der Waals surface area (Å²) in [6.07, 6.45) is 2.01. The first-order valence-electron chi connectivity index (χ1n) is 7.20. The lowest BCUT2D eigenvalue weighted by molar-refractivity contribution is -0.115. The quantitative estimate of drug-likeness (QED) is 0.631. The van der Waals surface area contributed by atoms with Gasteiger partial charge in [0.15, 0.2) is 0 Å². The molecule has 0 spiro atoms. The van der Waals surface area contributed by atoms with Gasteiger partial charge in [0.25, 0.3) is 5.91 Å². The predicted octanol–water partition coefficient (Wildman–Crippen LogP) is 1.41. The Labute approximate surface area is 134 Å². The van der Waals surface area contributed by atoms with E-state index in [2.05, 4.69) is 16.0 Å². The maximum absolute atomic E-state index is 12.1. The molecule has 1 saturated carbocycles. The highest BCUT2D eigenvalue weighted by atomic mass is 35.5. The molecule has 0 radical (unpaired) electrons. The Morgan fingerprint density at radius 1 is 1.36 bits per heavy atom. The van der Waals surface area contributed by atoms with Gasteiger partial charge in [0, 0.05) is 25.4 Å². The monoisotopic (exact) mass is 325 g/mol. The van der Waals surface area contributed by atoms with Crippen LogP contribution in [0.25, 0.3) is 0 Å². The lowest BCUT2D eigenvalue weighted by Gasteiger charge is -2.10. The number of hydrogen-bond donors (Lipinski definition) is 3. The van der Waals surface area contributed by atoms with Crippen LogP contribution < -0.4 is 16.0 Å². The van der Waals surface area contributed by atoms with Crippen LogP contribution in [0.3, 0.4) is 0 Å². The highest BCUT2D eigenvalue weighted by Crippen LogP contribution is 2.23. The molecule has 6 nitrogen and oxygen atoms in total. The van der Waals surface area contributed by atoms with Gasteiger partial charge in [-0.3, -0.25) is 9.59 Å². The van der Waals surface area contributed by atoms with Gasteiger partial charge in [-0.2, -0.15) is 0 Å². The van der Waals surface area contributed by atoms with Crippen molar-refractivity contribution in [1.29, 1.82) is 0 Å². The molecular weight excluding hydrogens is 306 g/mol. The van der Waals surface area contributed by atoms with E-state index in [1.165, 1.54) is 0 Å². The number of rotatable bonds is 8. The Bertz CT molecular complexity index is 547. The second-order valence-electron chi connectivity index (χ2n) is 5.16. The highest BCUT2D eigenvalue weighted by molar-refractivity contribution is 6.34. The van der Waals surface area contributed by atoms with E-state index in [1.807, 2.05) is 0 Å². The minimum Gasteiger partial charge on any atom is -0.383 e. The summed E-state index contributed by atoms with van der Waals surface area (Å²) in [6, 6.07) is 5.13. The van der Waals surface area contributed by atoms with Gasteiger partial charge in [-0.05, 0) is 31.0 Å². The number of carbonyl (C=O) groups is 2. The molecule has 0 saturated heterocycles. The number of ether oxygens (including phenoxy) is 1. The lowest BCUT2D eigenvalue weighted by Crippen LogP contribution is -2.30. The Hall–Kier alpha value is -1.63. The molecule has 2 amide bonds. The summed E-state index contributed by atoms with van der Waals surface area (Å²) in [5, 5.41) is 8.92. The minimum absolute atomic E-state index is 0.176. The number of amides is 2. The van der Waals surface area contributed by atoms with E-state index in [0.717, 1.165) is 12.8 Å². The molecule has 0 unspecified atom stereocenters. The Morgan fingerprint density at radius 3 is 2.82 bits per heavy atom. The fourth-order valence-corrected chi connectivity index (χ4v) is 2.05. The first-order chi connectivity index (χ1) is 10.6. The minimum atomic E-state index is -0.207. The molecule has 2 rings (SSSR count). The lowest BCUT2D eigenvalue weighted by atomic mass is 10.2. The molecule has 0 atom stereocenters. The van der Waals surface area contributed by atoms with Crippen LogP contribution in [0.2, 0.25) is 5.02 Å². The molecule has 0 heterocycles. The fourth-order valence-electron chi connectivity index (χ4n) is 1.85. The average molecular weight is 326 g/mol. The topological polar surface area (TPSA) is 79.5 Å². The van der Waals surface area contributed by atoms with Crippen LogP contribution in [0, 0.1) is 0 Å². The Morgan fingerprint density at radius 2 is 2.14 bits per heavy atom. The second kappa shape index (κ2) is 8.12. The highest BCUT2D eigenvalue weighted by Gasteiger charge is 2.24. The largest absolute Gasteiger partial charge is 0.383 e. The summed E-state index contributed by atoms with van der Waals surface area (Å²) in [5.41, 5.74) is 0.919. The zero-order valence-electron chi connectivity index (χ0n) is 12.4. The van der Waals surface area contributed by atoms with E-state index in [-0.39, 0.29) is 24.4 Å². The van der Waals surface area contributed by atoms with Crippen molar-refractivity contribution < 1.29 is 14.3 Å². The van der Waals surface area contributed by atoms with Crippen molar-refractivity contribution in [3.63, 3.8) is 0 Å². The number of hydrogen-bond acceptors (Lipinski definition) is 4. The third kappa shape index (κ3) is 5.29. The van der Waals surface area contributed by atoms with E-state index in [1.54, 1.807) is 25.3 Å². The van der Waals surface area contributed by atoms with Crippen molar-refractivity contribution in [3.8, 4) is 0 Å². The summed E-state index contributed by atoms with van der Waals surface area (Å²) in [5.74, 6) is -0.395. The van der Waals surface area contributed by atoms with Crippen molar-refractivity contribution in [3.05, 3.63) is 28.8 Å². The summed E-state index contributed by atoms with van der Waals surface area (Å²) in [7, 11) is 1.60. The zero-order chi connectivity index (χ0) is 15.9. The summed E-state index contributed by atoms with van der Waals surface area (Å²) >= 11 is 6.05. The molecule has 1 aromatic rings. The van der Waals surface area contributed by atoms with E-state index in [0.29, 0.717) is 29.4 Å². The van der Waals surface area contributed by atoms with Gasteiger partial charge >= 0.3 is 0 Å². The summed E-state index contributed by atoms with van der Waals surface area (Å²) < 4.78 is 4.88. The molecule has 7 heteroatoms. The van der Waals surface area contributed by atoms with Gasteiger partial charge in [0.05, 0.1) is 23.7 Å². The molecule has 1 aliphatic rings. The number of carbonyl (C=O) groups excluding carboxylic acids is 2. The molecular formula is C15H20ClN3O3. The molecule has 0 aromatic heterocycles. The van der Waals surface area contributed by atoms with Crippen LogP contribution in [0.1, 0.15) is 23.2 Å². The standard InChI is InChI=1S/C15H20ClN3O3/c1-22-7-6-17-9-14(20)18-11-4-5-13(16)12(8-11)15(21)19-10-2-3-10/h4-5,8,10,17H,2-3,6-7,9H2,1H3,(H,18,20)(H,19,21). The molecule has 22 heavy (non-hydrogen) atoms. The molecule has 120 valence electrons. The van der Waals surface area contributed by atoms with E-state index in [4.69, 9.17) is 16.3 Å². The SMILES string of the molecule is COCCNCC(=O)Nc1ccc(Cl)c(C(=O)NC2CC2)c1. The van der Waals surface area contributed by atoms with Gasteiger partial charge in [-0.1, -0.05) is 11.6 Å². The summed E-state index contributed by atoms with van der Waals surface area (Å²) in [4.78, 5) is 23.8. The van der Waals surface area contributed by atoms with Crippen LogP contribution >= 0.6 is 11.6 Å². The number of benzene rings is 1. The van der Waals surface area contributed by atoms with Crippen molar-refractivity contribution in [2.75, 3.05) is 32.1 Å². The van der Waals surface area contributed by atoms with Crippen LogP contribution in [0.5, 0.6) is 0 Å². The van der Waals surface area contributed by atoms with Crippen molar-refractivity contribution >= 4 is 29.1 Å². The number of anilines is 1. The molecule has 1 aromatic carbocycles. The Kier molecular flexibility index (Phi) is 6.18. The van der Waals surface area contributed by atoms with Crippen LogP contribution in [0.4, 0.5) is 5.69 Å². The molecule has 1 fully saturated rings. The van der Waals surface area contributed by atoms with Gasteiger partial charge in [-0.25, -0.2) is 0 Å². The van der Waals surface area contributed by atoms with E-state index in [9.17, 15) is 9.59 Å². The predicted molar refractivity (Wildman–Crippen MR) is 85.3 cm³/mol. The number of nitrogens with one attached hydrogen (secondary N) is 3. The molecule has 3 N–H and O–H groups in total. The first-order valence-corrected chi connectivity index (χ1v) is 7.58. The van der Waals surface area contributed by atoms with Gasteiger partial charge < -0.3 is 20.7 Å². The van der Waals surface area contributed by atoms with Crippen LogP contribution in [-0.4, -0.2) is 44.7 Å². The van der Waals surface area contributed by atoms with Crippen molar-refractivity contribution in [1.82, 2.24) is 10.6 Å². The Balaban J connectivity index is 1.90. The zero-order valence-corrected chi connectivity index (χ0v) is 13.2. The first kappa shape index (κ1) is 16.7. The van der Waals surface area contributed by atoms with Crippen LogP contribution in [0.15, 0.2) is 18.2 Å². The maximum Gasteiger partial charge on any atom is 0.253 e. The molecule has 0 aliphatic heterocycles. The average Bonchev–Trinajstić information content (AvgIpc) is 3.29. The van der Waals surface area contributed by atoms with Gasteiger partial charge in [0.2, 0.25) is 5.91 Å². The third-order valence-electron chi connectivity index (χ3n) is 3.18. The summed E-state index contributed by atoms with van der Waals surface area (Å²) in [6.45, 7) is 1.31. The third-order valence-corrected chi connectivity index (χ3v) is 3.51. The molecule has 0 bridgehead atoms. The number of methoxy groups -OCH3 is 1. The van der Waals surface area contributed by atoms with Crippen LogP contribution in [-0.2, 0) is 9.53 Å².